The molecule has 0 bridgehead atoms. The van der Waals surface area contributed by atoms with Gasteiger partial charge in [-0.3, -0.25) is 4.99 Å². The second-order valence-corrected chi connectivity index (χ2v) is 6.79. The first-order valence-corrected chi connectivity index (χ1v) is 9.95. The van der Waals surface area contributed by atoms with Crippen LogP contribution < -0.4 is 10.6 Å². The number of nitrogens with one attached hydrogen (secondary N) is 2. The summed E-state index contributed by atoms with van der Waals surface area (Å²) in [4.78, 5) is 7.05. The number of rotatable bonds is 10. The van der Waals surface area contributed by atoms with Gasteiger partial charge in [0.25, 0.3) is 0 Å². The van der Waals surface area contributed by atoms with Gasteiger partial charge < -0.3 is 15.5 Å². The summed E-state index contributed by atoms with van der Waals surface area (Å²) in [5.74, 6) is 0.892. The monoisotopic (exact) mass is 370 g/mol. The SMILES string of the molecule is CCNC(=NCCN(C)C(C)CC)NCCc1ccc(-n2cccn2)cc1. The number of guanidine groups is 1. The molecule has 0 radical (unpaired) electrons. The highest BCUT2D eigenvalue weighted by atomic mass is 15.3. The zero-order chi connectivity index (χ0) is 19.5. The van der Waals surface area contributed by atoms with Crippen LogP contribution in [-0.2, 0) is 6.42 Å². The first-order valence-electron chi connectivity index (χ1n) is 9.95. The zero-order valence-electron chi connectivity index (χ0n) is 17.2. The van der Waals surface area contributed by atoms with Crippen LogP contribution in [0.2, 0.25) is 0 Å². The molecule has 2 rings (SSSR count). The maximum absolute atomic E-state index is 4.69. The van der Waals surface area contributed by atoms with Crippen molar-refractivity contribution in [1.82, 2.24) is 25.3 Å². The summed E-state index contributed by atoms with van der Waals surface area (Å²) in [7, 11) is 2.16. The van der Waals surface area contributed by atoms with Gasteiger partial charge >= 0.3 is 0 Å². The smallest absolute Gasteiger partial charge is 0.191 e. The first kappa shape index (κ1) is 21.0. The molecule has 0 amide bonds. The van der Waals surface area contributed by atoms with Crippen LogP contribution in [-0.4, -0.2) is 59.9 Å². The molecule has 2 aromatic rings. The van der Waals surface area contributed by atoms with E-state index in [1.807, 2.05) is 16.9 Å². The Morgan fingerprint density at radius 3 is 2.63 bits per heavy atom. The molecule has 0 saturated carbocycles. The lowest BCUT2D eigenvalue weighted by atomic mass is 10.1. The van der Waals surface area contributed by atoms with Crippen molar-refractivity contribution in [3.05, 3.63) is 48.3 Å². The Morgan fingerprint density at radius 1 is 1.22 bits per heavy atom. The van der Waals surface area contributed by atoms with E-state index in [9.17, 15) is 0 Å². The number of nitrogens with zero attached hydrogens (tertiary/aromatic N) is 4. The number of benzene rings is 1. The Bertz CT molecular complexity index is 662. The van der Waals surface area contributed by atoms with Crippen LogP contribution in [0.4, 0.5) is 0 Å². The molecular formula is C21H34N6. The third-order valence-electron chi connectivity index (χ3n) is 4.82. The molecule has 1 heterocycles. The fourth-order valence-electron chi connectivity index (χ4n) is 2.76. The largest absolute Gasteiger partial charge is 0.357 e. The van der Waals surface area contributed by atoms with Crippen molar-refractivity contribution in [3.8, 4) is 5.69 Å². The minimum atomic E-state index is 0.598. The van der Waals surface area contributed by atoms with Gasteiger partial charge in [0, 0.05) is 38.1 Å². The van der Waals surface area contributed by atoms with Crippen molar-refractivity contribution in [1.29, 1.82) is 0 Å². The van der Waals surface area contributed by atoms with Crippen LogP contribution in [0.1, 0.15) is 32.8 Å². The van der Waals surface area contributed by atoms with Gasteiger partial charge in [0.1, 0.15) is 0 Å². The minimum Gasteiger partial charge on any atom is -0.357 e. The Hall–Kier alpha value is -2.34. The molecule has 148 valence electrons. The molecule has 1 aromatic carbocycles. The van der Waals surface area contributed by atoms with Crippen molar-refractivity contribution in [2.45, 2.75) is 39.7 Å². The summed E-state index contributed by atoms with van der Waals surface area (Å²) in [5.41, 5.74) is 2.38. The summed E-state index contributed by atoms with van der Waals surface area (Å²) in [5, 5.41) is 11.0. The van der Waals surface area contributed by atoms with E-state index in [1.165, 1.54) is 5.56 Å². The van der Waals surface area contributed by atoms with E-state index >= 15 is 0 Å². The number of hydrogen-bond acceptors (Lipinski definition) is 3. The molecule has 1 atom stereocenters. The van der Waals surface area contributed by atoms with E-state index in [-0.39, 0.29) is 0 Å². The van der Waals surface area contributed by atoms with Gasteiger partial charge in [0.2, 0.25) is 0 Å². The summed E-state index contributed by atoms with van der Waals surface area (Å²) in [6, 6.07) is 11.0. The van der Waals surface area contributed by atoms with E-state index in [4.69, 9.17) is 4.99 Å². The molecule has 0 fully saturated rings. The van der Waals surface area contributed by atoms with Crippen molar-refractivity contribution in [2.24, 2.45) is 4.99 Å². The maximum atomic E-state index is 4.69. The number of likely N-dealkylation sites (N-methyl/N-ethyl adjacent to an activating group) is 1. The van der Waals surface area contributed by atoms with E-state index in [0.717, 1.165) is 50.7 Å². The van der Waals surface area contributed by atoms with Crippen LogP contribution >= 0.6 is 0 Å². The van der Waals surface area contributed by atoms with E-state index in [1.54, 1.807) is 6.20 Å². The van der Waals surface area contributed by atoms with Gasteiger partial charge in [-0.15, -0.1) is 0 Å². The van der Waals surface area contributed by atoms with Gasteiger partial charge in [-0.2, -0.15) is 5.10 Å². The lowest BCUT2D eigenvalue weighted by Crippen LogP contribution is -2.39. The van der Waals surface area contributed by atoms with Gasteiger partial charge in [0.05, 0.1) is 12.2 Å². The van der Waals surface area contributed by atoms with Crippen molar-refractivity contribution in [2.75, 3.05) is 33.2 Å². The topological polar surface area (TPSA) is 57.5 Å². The molecule has 2 N–H and O–H groups in total. The lowest BCUT2D eigenvalue weighted by Gasteiger charge is -2.22. The Balaban J connectivity index is 1.78. The minimum absolute atomic E-state index is 0.598. The molecule has 0 saturated heterocycles. The standard InChI is InChI=1S/C21H34N6/c1-5-18(3)26(4)17-15-24-21(22-6-2)23-14-12-19-8-10-20(11-9-19)27-16-7-13-25-27/h7-11,13,16,18H,5-6,12,14-15,17H2,1-4H3,(H2,22,23,24). The Morgan fingerprint density at radius 2 is 2.00 bits per heavy atom. The van der Waals surface area contributed by atoms with Crippen molar-refractivity contribution < 1.29 is 0 Å². The van der Waals surface area contributed by atoms with Gasteiger partial charge in [0.15, 0.2) is 5.96 Å². The third kappa shape index (κ3) is 7.06. The average Bonchev–Trinajstić information content (AvgIpc) is 3.22. The van der Waals surface area contributed by atoms with E-state index < -0.39 is 0 Å². The highest BCUT2D eigenvalue weighted by molar-refractivity contribution is 5.79. The molecule has 27 heavy (non-hydrogen) atoms. The molecule has 1 unspecified atom stereocenters. The molecule has 0 aliphatic rings. The number of aliphatic imine (C=N–C) groups is 1. The van der Waals surface area contributed by atoms with E-state index in [0.29, 0.717) is 6.04 Å². The maximum Gasteiger partial charge on any atom is 0.191 e. The fourth-order valence-corrected chi connectivity index (χ4v) is 2.76. The van der Waals surface area contributed by atoms with Crippen LogP contribution in [0.25, 0.3) is 5.69 Å². The normalized spacial score (nSPS) is 13.0. The molecule has 0 spiro atoms. The van der Waals surface area contributed by atoms with E-state index in [2.05, 4.69) is 72.7 Å². The van der Waals surface area contributed by atoms with Crippen LogP contribution in [0.3, 0.4) is 0 Å². The second kappa shape index (κ2) is 11.4. The van der Waals surface area contributed by atoms with Crippen LogP contribution in [0, 0.1) is 0 Å². The highest BCUT2D eigenvalue weighted by Gasteiger charge is 2.05. The highest BCUT2D eigenvalue weighted by Crippen LogP contribution is 2.08. The molecule has 6 heteroatoms. The quantitative estimate of drug-likeness (QED) is 0.499. The Kier molecular flexibility index (Phi) is 8.84. The van der Waals surface area contributed by atoms with Crippen molar-refractivity contribution >= 4 is 5.96 Å². The number of aromatic nitrogens is 2. The first-order chi connectivity index (χ1) is 13.1. The predicted octanol–water partition coefficient (Wildman–Crippen LogP) is 2.70. The molecule has 1 aromatic heterocycles. The molecule has 6 nitrogen and oxygen atoms in total. The summed E-state index contributed by atoms with van der Waals surface area (Å²) < 4.78 is 1.87. The lowest BCUT2D eigenvalue weighted by molar-refractivity contribution is 0.259. The fraction of sp³-hybridized carbons (Fsp3) is 0.524. The molecule has 0 aliphatic heterocycles. The zero-order valence-corrected chi connectivity index (χ0v) is 17.2. The average molecular weight is 371 g/mol. The van der Waals surface area contributed by atoms with Gasteiger partial charge in [-0.25, -0.2) is 4.68 Å². The van der Waals surface area contributed by atoms with Crippen LogP contribution in [0.15, 0.2) is 47.7 Å². The molecule has 0 aliphatic carbocycles. The summed E-state index contributed by atoms with van der Waals surface area (Å²) in [6.07, 6.45) is 5.86. The third-order valence-corrected chi connectivity index (χ3v) is 4.82. The van der Waals surface area contributed by atoms with Gasteiger partial charge in [-0.1, -0.05) is 19.1 Å². The predicted molar refractivity (Wildman–Crippen MR) is 114 cm³/mol. The summed E-state index contributed by atoms with van der Waals surface area (Å²) >= 11 is 0. The number of hydrogen-bond donors (Lipinski definition) is 2. The van der Waals surface area contributed by atoms with Crippen LogP contribution in [0.5, 0.6) is 0 Å². The second-order valence-electron chi connectivity index (χ2n) is 6.79. The van der Waals surface area contributed by atoms with Gasteiger partial charge in [-0.05, 0) is 57.5 Å². The molecular weight excluding hydrogens is 336 g/mol. The summed E-state index contributed by atoms with van der Waals surface area (Å²) in [6.45, 7) is 10.1. The van der Waals surface area contributed by atoms with Crippen molar-refractivity contribution in [3.63, 3.8) is 0 Å². The Labute approximate surface area is 163 Å².